The molecule has 0 bridgehead atoms. The van der Waals surface area contributed by atoms with Crippen LogP contribution in [0.2, 0.25) is 0 Å². The van der Waals surface area contributed by atoms with Gasteiger partial charge in [-0.2, -0.15) is 0 Å². The van der Waals surface area contributed by atoms with Crippen molar-refractivity contribution in [2.24, 2.45) is 4.40 Å². The molecule has 0 N–H and O–H groups in total. The van der Waals surface area contributed by atoms with Gasteiger partial charge in [0.15, 0.2) is 4.33 Å². The number of alkyl halides is 2. The highest BCUT2D eigenvalue weighted by molar-refractivity contribution is 7.77. The third-order valence-corrected chi connectivity index (χ3v) is 2.37. The summed E-state index contributed by atoms with van der Waals surface area (Å²) in [4.78, 5) is 0. The van der Waals surface area contributed by atoms with E-state index in [1.165, 1.54) is 0 Å². The van der Waals surface area contributed by atoms with Crippen molar-refractivity contribution in [3.05, 3.63) is 35.9 Å². The minimum atomic E-state index is -2.54. The van der Waals surface area contributed by atoms with Crippen LogP contribution in [0.4, 0.5) is 0 Å². The second-order valence-electron chi connectivity index (χ2n) is 2.44. The first-order valence-electron chi connectivity index (χ1n) is 3.60. The van der Waals surface area contributed by atoms with Crippen LogP contribution in [0.3, 0.4) is 0 Å². The van der Waals surface area contributed by atoms with Crippen molar-refractivity contribution in [3.63, 3.8) is 0 Å². The highest BCUT2D eigenvalue weighted by Crippen LogP contribution is 2.31. The van der Waals surface area contributed by atoms with Gasteiger partial charge in [-0.15, -0.1) is 0 Å². The minimum Gasteiger partial charge on any atom is -0.754 e. The molecule has 0 aliphatic carbocycles. The van der Waals surface area contributed by atoms with Crippen LogP contribution in [0.5, 0.6) is 0 Å². The molecule has 0 aliphatic heterocycles. The van der Waals surface area contributed by atoms with E-state index < -0.39 is 15.6 Å². The summed E-state index contributed by atoms with van der Waals surface area (Å²) in [6, 6.07) is 8.66. The second kappa shape index (κ2) is 4.89. The molecule has 0 fully saturated rings. The van der Waals surface area contributed by atoms with Gasteiger partial charge in [-0.05, 0) is 5.56 Å². The van der Waals surface area contributed by atoms with E-state index in [9.17, 15) is 8.76 Å². The maximum absolute atomic E-state index is 10.2. The molecule has 0 heterocycles. The zero-order valence-electron chi connectivity index (χ0n) is 6.89. The fourth-order valence-corrected chi connectivity index (χ4v) is 1.55. The van der Waals surface area contributed by atoms with Crippen molar-refractivity contribution in [1.82, 2.24) is 0 Å². The summed E-state index contributed by atoms with van der Waals surface area (Å²) in [6.07, 6.45) is 0.967. The molecule has 14 heavy (non-hydrogen) atoms. The van der Waals surface area contributed by atoms with Crippen molar-refractivity contribution < 1.29 is 8.76 Å². The van der Waals surface area contributed by atoms with Gasteiger partial charge in [-0.25, -0.2) is 4.40 Å². The average molecular weight is 251 g/mol. The van der Waals surface area contributed by atoms with Crippen LogP contribution in [0.1, 0.15) is 5.56 Å². The minimum absolute atomic E-state index is 0.567. The smallest absolute Gasteiger partial charge is 0.178 e. The number of hydrogen-bond acceptors (Lipinski definition) is 2. The first-order valence-corrected chi connectivity index (χ1v) is 5.39. The van der Waals surface area contributed by atoms with Gasteiger partial charge in [0.2, 0.25) is 0 Å². The van der Waals surface area contributed by atoms with Gasteiger partial charge in [0, 0.05) is 0 Å². The highest BCUT2D eigenvalue weighted by Gasteiger charge is 2.23. The quantitative estimate of drug-likeness (QED) is 0.469. The Labute approximate surface area is 94.2 Å². The normalized spacial score (nSPS) is 14.5. The molecule has 0 spiro atoms. The lowest BCUT2D eigenvalue weighted by molar-refractivity contribution is 0.539. The Morgan fingerprint density at radius 3 is 2.43 bits per heavy atom. The number of hydrogen-bond donors (Lipinski definition) is 0. The predicted molar refractivity (Wildman–Crippen MR) is 57.2 cm³/mol. The summed E-state index contributed by atoms with van der Waals surface area (Å²) in [5.41, 5.74) is 0.567. The van der Waals surface area contributed by atoms with Crippen molar-refractivity contribution in [1.29, 1.82) is 0 Å². The zero-order chi connectivity index (χ0) is 10.6. The van der Waals surface area contributed by atoms with Crippen LogP contribution in [0, 0.1) is 0 Å². The van der Waals surface area contributed by atoms with E-state index in [0.29, 0.717) is 5.56 Å². The lowest BCUT2D eigenvalue weighted by atomic mass is 10.1. The van der Waals surface area contributed by atoms with Gasteiger partial charge >= 0.3 is 0 Å². The fraction of sp³-hybridized carbons (Fsp3) is 0.125. The van der Waals surface area contributed by atoms with Gasteiger partial charge in [-0.1, -0.05) is 53.5 Å². The number of rotatable bonds is 3. The largest absolute Gasteiger partial charge is 0.754 e. The molecule has 1 aromatic carbocycles. The van der Waals surface area contributed by atoms with E-state index in [1.807, 2.05) is 0 Å². The SMILES string of the molecule is O=S([O-])N=CC(Cl)(Cl)c1ccccc1. The van der Waals surface area contributed by atoms with Gasteiger partial charge in [-0.3, -0.25) is 4.21 Å². The van der Waals surface area contributed by atoms with Crippen molar-refractivity contribution >= 4 is 40.7 Å². The highest BCUT2D eigenvalue weighted by atomic mass is 35.5. The molecule has 0 amide bonds. The van der Waals surface area contributed by atoms with E-state index in [4.69, 9.17) is 23.2 Å². The second-order valence-corrected chi connectivity index (χ2v) is 4.47. The topological polar surface area (TPSA) is 52.5 Å². The Bertz CT molecular complexity index is 354. The van der Waals surface area contributed by atoms with Crippen molar-refractivity contribution in [2.75, 3.05) is 0 Å². The molecule has 76 valence electrons. The monoisotopic (exact) mass is 250 g/mol. The molecular formula is C8H6Cl2NO2S-. The van der Waals surface area contributed by atoms with E-state index in [-0.39, 0.29) is 0 Å². The number of nitrogens with zero attached hydrogens (tertiary/aromatic N) is 1. The summed E-state index contributed by atoms with van der Waals surface area (Å²) >= 11 is 9.16. The maximum atomic E-state index is 10.2. The molecule has 0 aromatic heterocycles. The van der Waals surface area contributed by atoms with Crippen molar-refractivity contribution in [2.45, 2.75) is 4.33 Å². The molecule has 3 nitrogen and oxygen atoms in total. The Hall–Kier alpha value is -0.420. The number of halogens is 2. The summed E-state index contributed by atoms with van der Waals surface area (Å²) in [6.45, 7) is 0. The average Bonchev–Trinajstić information content (AvgIpc) is 2.16. The Kier molecular flexibility index (Phi) is 4.07. The van der Waals surface area contributed by atoms with Gasteiger partial charge < -0.3 is 4.55 Å². The molecule has 1 atom stereocenters. The predicted octanol–water partition coefficient (Wildman–Crippen LogP) is 2.18. The van der Waals surface area contributed by atoms with Crippen LogP contribution < -0.4 is 0 Å². The lowest BCUT2D eigenvalue weighted by Crippen LogP contribution is -2.12. The van der Waals surface area contributed by atoms with Gasteiger partial charge in [0.1, 0.15) is 0 Å². The van der Waals surface area contributed by atoms with Crippen molar-refractivity contribution in [3.8, 4) is 0 Å². The van der Waals surface area contributed by atoms with Crippen LogP contribution in [0.15, 0.2) is 34.7 Å². The molecule has 1 unspecified atom stereocenters. The standard InChI is InChI=1S/C8H7Cl2NO2S/c9-8(10,6-11-14(12)13)7-4-2-1-3-5-7/h1-6H,(H,12,13)/p-1. The first kappa shape index (κ1) is 11.7. The summed E-state index contributed by atoms with van der Waals surface area (Å²) < 4.78 is 22.0. The van der Waals surface area contributed by atoms with Crippen LogP contribution >= 0.6 is 23.2 Å². The molecule has 0 radical (unpaired) electrons. The van der Waals surface area contributed by atoms with Gasteiger partial charge in [0.25, 0.3) is 0 Å². The van der Waals surface area contributed by atoms with E-state index in [0.717, 1.165) is 6.21 Å². The molecule has 0 saturated carbocycles. The number of benzene rings is 1. The lowest BCUT2D eigenvalue weighted by Gasteiger charge is -2.14. The Morgan fingerprint density at radius 2 is 1.93 bits per heavy atom. The van der Waals surface area contributed by atoms with Crippen LogP contribution in [-0.2, 0) is 15.6 Å². The summed E-state index contributed by atoms with van der Waals surface area (Å²) in [5, 5.41) is 0. The Balaban J connectivity index is 2.91. The molecule has 1 aromatic rings. The van der Waals surface area contributed by atoms with E-state index >= 15 is 0 Å². The fourth-order valence-electron chi connectivity index (χ4n) is 0.844. The molecular weight excluding hydrogens is 245 g/mol. The zero-order valence-corrected chi connectivity index (χ0v) is 9.22. The summed E-state index contributed by atoms with van der Waals surface area (Å²) in [7, 11) is 0. The summed E-state index contributed by atoms with van der Waals surface area (Å²) in [5.74, 6) is 0. The van der Waals surface area contributed by atoms with Crippen LogP contribution in [0.25, 0.3) is 0 Å². The van der Waals surface area contributed by atoms with E-state index in [1.54, 1.807) is 30.3 Å². The third kappa shape index (κ3) is 3.38. The molecule has 6 heteroatoms. The maximum Gasteiger partial charge on any atom is 0.178 e. The first-order chi connectivity index (χ1) is 6.52. The molecule has 0 saturated heterocycles. The van der Waals surface area contributed by atoms with Crippen LogP contribution in [-0.4, -0.2) is 15.0 Å². The van der Waals surface area contributed by atoms with E-state index in [2.05, 4.69) is 4.40 Å². The molecule has 0 aliphatic rings. The Morgan fingerprint density at radius 1 is 1.36 bits per heavy atom. The third-order valence-electron chi connectivity index (χ3n) is 1.46. The molecule has 1 rings (SSSR count). The van der Waals surface area contributed by atoms with Gasteiger partial charge in [0.05, 0.1) is 17.5 Å².